The molecular weight excluding hydrogens is 1430 g/mol. The highest BCUT2D eigenvalue weighted by Gasteiger charge is 2.54. The molecule has 0 aromatic carbocycles. The molecule has 3 saturated heterocycles. The minimum atomic E-state index is -1.98. The van der Waals surface area contributed by atoms with Crippen LogP contribution in [0.4, 0.5) is 0 Å². The highest BCUT2D eigenvalue weighted by molar-refractivity contribution is 5.76. The summed E-state index contributed by atoms with van der Waals surface area (Å²) in [5, 5.41) is 121. The molecule has 12 N–H and O–H groups in total. The molecule has 0 aliphatic carbocycles. The molecule has 113 heavy (non-hydrogen) atoms. The molecule has 3 rings (SSSR count). The van der Waals surface area contributed by atoms with Gasteiger partial charge in [-0.15, -0.1) is 0 Å². The molecule has 1 amide bonds. The summed E-state index contributed by atoms with van der Waals surface area (Å²) in [6, 6.07) is -0.995. The van der Waals surface area contributed by atoms with Crippen LogP contribution < -0.4 is 5.32 Å². The molecule has 0 spiro atoms. The van der Waals surface area contributed by atoms with Crippen LogP contribution in [0.3, 0.4) is 0 Å². The Bertz CT molecular complexity index is 2420. The number of aliphatic hydroxyl groups is 11. The molecule has 0 aromatic rings. The summed E-state index contributed by atoms with van der Waals surface area (Å²) in [7, 11) is 0. The fraction of sp³-hybridized carbons (Fsp3) is 0.819. The number of aliphatic hydroxyl groups excluding tert-OH is 11. The first-order valence-electron chi connectivity index (χ1n) is 46.0. The van der Waals surface area contributed by atoms with Crippen molar-refractivity contribution in [3.05, 3.63) is 97.2 Å². The van der Waals surface area contributed by atoms with Crippen LogP contribution in [0.25, 0.3) is 0 Å². The quantitative estimate of drug-likeness (QED) is 0.0199. The molecule has 17 unspecified atom stereocenters. The Morgan fingerprint density at radius 2 is 0.619 bits per heavy atom. The van der Waals surface area contributed by atoms with Crippen molar-refractivity contribution in [1.29, 1.82) is 0 Å². The lowest BCUT2D eigenvalue weighted by Gasteiger charge is -2.48. The third-order valence-corrected chi connectivity index (χ3v) is 22.4. The summed E-state index contributed by atoms with van der Waals surface area (Å²) in [6.45, 7) is 1.65. The van der Waals surface area contributed by atoms with Crippen LogP contribution in [-0.2, 0) is 33.2 Å². The number of hydrogen-bond acceptors (Lipinski definition) is 18. The lowest BCUT2D eigenvalue weighted by molar-refractivity contribution is -0.379. The van der Waals surface area contributed by atoms with Gasteiger partial charge in [-0.2, -0.15) is 0 Å². The van der Waals surface area contributed by atoms with Crippen molar-refractivity contribution in [2.24, 2.45) is 0 Å². The van der Waals surface area contributed by atoms with Crippen molar-refractivity contribution < 1.29 is 89.4 Å². The normalized spacial score (nSPS) is 25.3. The lowest BCUT2D eigenvalue weighted by Crippen LogP contribution is -2.66. The van der Waals surface area contributed by atoms with E-state index >= 15 is 0 Å². The molecule has 3 aliphatic rings. The monoisotopic (exact) mass is 1600 g/mol. The van der Waals surface area contributed by atoms with E-state index in [2.05, 4.69) is 104 Å². The number of allylic oxidation sites excluding steroid dienone is 15. The van der Waals surface area contributed by atoms with Crippen LogP contribution >= 0.6 is 0 Å². The van der Waals surface area contributed by atoms with Gasteiger partial charge in [0.15, 0.2) is 18.9 Å². The fourth-order valence-electron chi connectivity index (χ4n) is 15.1. The van der Waals surface area contributed by atoms with Gasteiger partial charge in [-0.3, -0.25) is 4.79 Å². The van der Waals surface area contributed by atoms with Crippen LogP contribution in [0.1, 0.15) is 361 Å². The topological polar surface area (TPSA) is 307 Å². The predicted octanol–water partition coefficient (Wildman–Crippen LogP) is 17.9. The molecule has 17 atom stereocenters. The van der Waals surface area contributed by atoms with Crippen molar-refractivity contribution in [3.63, 3.8) is 0 Å². The Morgan fingerprint density at radius 3 is 0.991 bits per heavy atom. The van der Waals surface area contributed by atoms with Crippen molar-refractivity contribution >= 4 is 5.91 Å². The summed E-state index contributed by atoms with van der Waals surface area (Å²) in [5.41, 5.74) is 0. The number of rotatable bonds is 74. The van der Waals surface area contributed by atoms with Crippen molar-refractivity contribution in [2.75, 3.05) is 26.4 Å². The van der Waals surface area contributed by atoms with Gasteiger partial charge in [0.1, 0.15) is 73.2 Å². The van der Waals surface area contributed by atoms with E-state index in [4.69, 9.17) is 28.4 Å². The predicted molar refractivity (Wildman–Crippen MR) is 457 cm³/mol. The summed E-state index contributed by atoms with van der Waals surface area (Å²) in [4.78, 5) is 13.5. The van der Waals surface area contributed by atoms with Gasteiger partial charge in [0.05, 0.1) is 38.6 Å². The Labute approximate surface area is 685 Å². The maximum absolute atomic E-state index is 13.5. The van der Waals surface area contributed by atoms with Crippen LogP contribution in [0.2, 0.25) is 0 Å². The highest BCUT2D eigenvalue weighted by atomic mass is 16.8. The van der Waals surface area contributed by atoms with Gasteiger partial charge in [0.25, 0.3) is 0 Å². The zero-order valence-corrected chi connectivity index (χ0v) is 70.8. The molecule has 0 bridgehead atoms. The number of carbonyl (C=O) groups is 1. The molecule has 19 heteroatoms. The number of hydrogen-bond donors (Lipinski definition) is 12. The second-order valence-corrected chi connectivity index (χ2v) is 32.4. The molecule has 3 heterocycles. The van der Waals surface area contributed by atoms with Gasteiger partial charge in [0, 0.05) is 6.42 Å². The minimum Gasteiger partial charge on any atom is -0.394 e. The third-order valence-electron chi connectivity index (χ3n) is 22.4. The molecule has 19 nitrogen and oxygen atoms in total. The zero-order valence-electron chi connectivity index (χ0n) is 70.8. The number of unbranched alkanes of at least 4 members (excludes halogenated alkanes) is 44. The molecule has 3 aliphatic heterocycles. The van der Waals surface area contributed by atoms with Crippen LogP contribution in [0.15, 0.2) is 97.2 Å². The van der Waals surface area contributed by atoms with Crippen LogP contribution in [0, 0.1) is 0 Å². The van der Waals surface area contributed by atoms with Gasteiger partial charge in [-0.25, -0.2) is 0 Å². The molecule has 3 fully saturated rings. The number of nitrogens with one attached hydrogen (secondary N) is 1. The largest absolute Gasteiger partial charge is 0.394 e. The second kappa shape index (κ2) is 72.7. The van der Waals surface area contributed by atoms with E-state index in [9.17, 15) is 61.0 Å². The first kappa shape index (κ1) is 104. The van der Waals surface area contributed by atoms with E-state index in [0.717, 1.165) is 77.0 Å². The van der Waals surface area contributed by atoms with Gasteiger partial charge in [0.2, 0.25) is 5.91 Å². The van der Waals surface area contributed by atoms with Gasteiger partial charge in [-0.05, 0) is 83.5 Å². The average molecular weight is 1600 g/mol. The Hall–Kier alpha value is -3.29. The summed E-state index contributed by atoms with van der Waals surface area (Å²) >= 11 is 0. The summed E-state index contributed by atoms with van der Waals surface area (Å²) in [5.74, 6) is -0.281. The van der Waals surface area contributed by atoms with E-state index < -0.39 is 124 Å². The molecule has 0 aromatic heterocycles. The number of carbonyl (C=O) groups excluding carboxylic acids is 1. The minimum absolute atomic E-state index is 0.236. The lowest BCUT2D eigenvalue weighted by atomic mass is 9.96. The Balaban J connectivity index is 1.31. The number of ether oxygens (including phenoxy) is 6. The fourth-order valence-corrected chi connectivity index (χ4v) is 15.1. The summed E-state index contributed by atoms with van der Waals surface area (Å²) < 4.78 is 34.5. The van der Waals surface area contributed by atoms with Crippen LogP contribution in [-0.4, -0.2) is 193 Å². The Kier molecular flexibility index (Phi) is 66.8. The Morgan fingerprint density at radius 1 is 0.327 bits per heavy atom. The molecule has 656 valence electrons. The van der Waals surface area contributed by atoms with E-state index in [0.29, 0.717) is 12.8 Å². The van der Waals surface area contributed by atoms with Gasteiger partial charge < -0.3 is 89.9 Å². The van der Waals surface area contributed by atoms with Gasteiger partial charge in [-0.1, -0.05) is 368 Å². The molecule has 0 saturated carbocycles. The van der Waals surface area contributed by atoms with Gasteiger partial charge >= 0.3 is 0 Å². The van der Waals surface area contributed by atoms with E-state index in [1.807, 2.05) is 6.08 Å². The summed E-state index contributed by atoms with van der Waals surface area (Å²) in [6.07, 6.45) is 74.2. The smallest absolute Gasteiger partial charge is 0.220 e. The first-order valence-corrected chi connectivity index (χ1v) is 46.0. The number of amides is 1. The maximum Gasteiger partial charge on any atom is 0.220 e. The van der Waals surface area contributed by atoms with Crippen molar-refractivity contribution in [2.45, 2.75) is 465 Å². The van der Waals surface area contributed by atoms with E-state index in [1.54, 1.807) is 6.08 Å². The van der Waals surface area contributed by atoms with Crippen LogP contribution in [0.5, 0.6) is 0 Å². The SMILES string of the molecule is CC/C=C\C/C=C\C/C=C\C/C=C\C/C=C\C/C=C\CCCCCCCCCCCCCCCCCCCCCCCCC(=O)NC(COC1OC(CO)C(OC2OC(CO)C(OC3OC(CO)C(O)C(O)C3O)C(O)C2O)C(O)C1O)C(O)/C=C/CC/C=C/CCCCCCCCCCCCCCCCCCCCCCC. The molecular formula is C94H167NO18. The standard InChI is InChI=1S/C94H167NO18/c1-3-5-7-9-11-13-15-17-19-21-23-25-27-29-31-32-33-34-35-36-37-38-39-40-41-42-43-44-46-48-50-52-54-56-58-60-62-64-66-68-70-72-82(100)95-77(78(99)71-69-67-65-63-61-59-57-55-53-51-49-47-45-30-28-26-24-22-20-18-16-14-12-10-8-6-4-2)76-108-92-88(106)85(103)90(80(74-97)110-92)113-94-89(107)86(104)91(81(75-98)111-94)112-93-87(105)84(102)83(101)79(73-96)109-93/h5,7,11,13,17,19,23,25,29,31,33-34,61,63,69,71,77-81,83-94,96-99,101-107H,3-4,6,8-10,12,14-16,18,20-22,24,26-28,30,32,35-60,62,64-68,70,72-76H2,1-2H3,(H,95,100)/b7-5-,13-11-,19-17-,25-23-,31-29-,34-33-,63-61+,71-69+. The zero-order chi connectivity index (χ0) is 81.7. The third kappa shape index (κ3) is 51.1. The van der Waals surface area contributed by atoms with Crippen molar-refractivity contribution in [3.8, 4) is 0 Å². The maximum atomic E-state index is 13.5. The highest BCUT2D eigenvalue weighted by Crippen LogP contribution is 2.34. The molecule has 0 radical (unpaired) electrons. The average Bonchev–Trinajstić information content (AvgIpc) is 0.777. The second-order valence-electron chi connectivity index (χ2n) is 32.4. The van der Waals surface area contributed by atoms with E-state index in [-0.39, 0.29) is 18.9 Å². The van der Waals surface area contributed by atoms with Crippen molar-refractivity contribution in [1.82, 2.24) is 5.32 Å². The first-order chi connectivity index (χ1) is 55.3. The van der Waals surface area contributed by atoms with E-state index in [1.165, 1.54) is 250 Å².